The highest BCUT2D eigenvalue weighted by Crippen LogP contribution is 2.26. The fraction of sp³-hybridized carbons (Fsp3) is 0.538. The zero-order chi connectivity index (χ0) is 14.2. The Labute approximate surface area is 114 Å². The molecule has 2 rings (SSSR count). The molecule has 1 fully saturated rings. The first-order valence-corrected chi connectivity index (χ1v) is 7.72. The highest BCUT2D eigenvalue weighted by molar-refractivity contribution is 7.89. The van der Waals surface area contributed by atoms with Gasteiger partial charge in [0, 0.05) is 32.9 Å². The Morgan fingerprint density at radius 3 is 2.58 bits per heavy atom. The van der Waals surface area contributed by atoms with Crippen molar-refractivity contribution in [1.82, 2.24) is 4.31 Å². The summed E-state index contributed by atoms with van der Waals surface area (Å²) in [6.45, 7) is 2.52. The summed E-state index contributed by atoms with van der Waals surface area (Å²) < 4.78 is 26.3. The van der Waals surface area contributed by atoms with E-state index in [9.17, 15) is 13.5 Å². The van der Waals surface area contributed by atoms with Crippen molar-refractivity contribution in [3.05, 3.63) is 23.8 Å². The van der Waals surface area contributed by atoms with Gasteiger partial charge in [0.05, 0.1) is 11.0 Å². The van der Waals surface area contributed by atoms with Gasteiger partial charge in [0.2, 0.25) is 10.0 Å². The van der Waals surface area contributed by atoms with Gasteiger partial charge in [0.15, 0.2) is 0 Å². The minimum atomic E-state index is -3.50. The number of rotatable bonds is 3. The number of hydrogen-bond acceptors (Lipinski definition) is 4. The molecule has 5 nitrogen and oxygen atoms in total. The number of nitrogens with zero attached hydrogens (tertiary/aromatic N) is 2. The summed E-state index contributed by atoms with van der Waals surface area (Å²) in [7, 11) is 0.277. The average molecular weight is 284 g/mol. The van der Waals surface area contributed by atoms with Gasteiger partial charge >= 0.3 is 0 Å². The quantitative estimate of drug-likeness (QED) is 0.892. The lowest BCUT2D eigenvalue weighted by atomic mass is 10.2. The molecule has 6 heteroatoms. The molecule has 1 aromatic carbocycles. The summed E-state index contributed by atoms with van der Waals surface area (Å²) in [6, 6.07) is 5.13. The third-order valence-corrected chi connectivity index (χ3v) is 5.29. The molecule has 1 atom stereocenters. The first-order chi connectivity index (χ1) is 8.82. The van der Waals surface area contributed by atoms with Crippen molar-refractivity contribution >= 4 is 15.7 Å². The van der Waals surface area contributed by atoms with Crippen LogP contribution in [0.3, 0.4) is 0 Å². The van der Waals surface area contributed by atoms with Crippen molar-refractivity contribution in [3.63, 3.8) is 0 Å². The van der Waals surface area contributed by atoms with Gasteiger partial charge in [-0.25, -0.2) is 8.42 Å². The van der Waals surface area contributed by atoms with Gasteiger partial charge in [-0.1, -0.05) is 6.07 Å². The summed E-state index contributed by atoms with van der Waals surface area (Å²) in [5.74, 6) is 0. The Morgan fingerprint density at radius 1 is 1.37 bits per heavy atom. The minimum absolute atomic E-state index is 0.188. The van der Waals surface area contributed by atoms with Gasteiger partial charge in [-0.2, -0.15) is 4.31 Å². The van der Waals surface area contributed by atoms with E-state index in [1.54, 1.807) is 12.1 Å². The smallest absolute Gasteiger partial charge is 0.243 e. The SMILES string of the molecule is Cc1ccc(S(=O)(=O)N2CC[C@H](O)C2)cc1N(C)C. The molecule has 1 aliphatic heterocycles. The van der Waals surface area contributed by atoms with E-state index in [0.717, 1.165) is 11.3 Å². The first-order valence-electron chi connectivity index (χ1n) is 6.28. The standard InChI is InChI=1S/C13H20N2O3S/c1-10-4-5-12(8-13(10)14(2)3)19(17,18)15-7-6-11(16)9-15/h4-5,8,11,16H,6-7,9H2,1-3H3/t11-/m0/s1. The Morgan fingerprint density at radius 2 is 2.05 bits per heavy atom. The predicted octanol–water partition coefficient (Wildman–Crippen LogP) is 0.816. The third-order valence-electron chi connectivity index (χ3n) is 3.43. The van der Waals surface area contributed by atoms with E-state index >= 15 is 0 Å². The molecule has 0 radical (unpaired) electrons. The maximum Gasteiger partial charge on any atom is 0.243 e. The summed E-state index contributed by atoms with van der Waals surface area (Å²) in [5.41, 5.74) is 1.92. The van der Waals surface area contributed by atoms with Crippen molar-refractivity contribution in [1.29, 1.82) is 0 Å². The molecule has 1 saturated heterocycles. The molecule has 19 heavy (non-hydrogen) atoms. The lowest BCUT2D eigenvalue weighted by Gasteiger charge is -2.20. The molecule has 0 saturated carbocycles. The van der Waals surface area contributed by atoms with E-state index in [0.29, 0.717) is 13.0 Å². The number of aliphatic hydroxyl groups excluding tert-OH is 1. The summed E-state index contributed by atoms with van der Waals surface area (Å²) in [5, 5.41) is 9.48. The number of anilines is 1. The number of aryl methyl sites for hydroxylation is 1. The van der Waals surface area contributed by atoms with Crippen molar-refractivity contribution < 1.29 is 13.5 Å². The molecule has 0 amide bonds. The number of sulfonamides is 1. The number of hydrogen-bond donors (Lipinski definition) is 1. The highest BCUT2D eigenvalue weighted by atomic mass is 32.2. The van der Waals surface area contributed by atoms with Crippen molar-refractivity contribution in [2.75, 3.05) is 32.1 Å². The Hall–Kier alpha value is -1.11. The van der Waals surface area contributed by atoms with E-state index in [2.05, 4.69) is 0 Å². The van der Waals surface area contributed by atoms with Gasteiger partial charge in [-0.05, 0) is 31.0 Å². The van der Waals surface area contributed by atoms with Crippen LogP contribution >= 0.6 is 0 Å². The molecule has 0 spiro atoms. The van der Waals surface area contributed by atoms with Crippen LogP contribution in [-0.4, -0.2) is 51.1 Å². The number of β-amino-alcohol motifs (C(OH)–C–C–N with tert-alkyl or cyclic N) is 1. The second kappa shape index (κ2) is 5.11. The normalized spacial score (nSPS) is 20.7. The highest BCUT2D eigenvalue weighted by Gasteiger charge is 2.31. The van der Waals surface area contributed by atoms with Crippen LogP contribution in [0.1, 0.15) is 12.0 Å². The zero-order valence-corrected chi connectivity index (χ0v) is 12.3. The topological polar surface area (TPSA) is 60.9 Å². The predicted molar refractivity (Wildman–Crippen MR) is 74.9 cm³/mol. The van der Waals surface area contributed by atoms with E-state index in [-0.39, 0.29) is 11.4 Å². The molecule has 1 aromatic rings. The van der Waals surface area contributed by atoms with Crippen LogP contribution in [0.4, 0.5) is 5.69 Å². The average Bonchev–Trinajstić information content (AvgIpc) is 2.76. The number of benzene rings is 1. The van der Waals surface area contributed by atoms with E-state index < -0.39 is 16.1 Å². The van der Waals surface area contributed by atoms with Crippen LogP contribution in [0.25, 0.3) is 0 Å². The van der Waals surface area contributed by atoms with Crippen LogP contribution in [0.15, 0.2) is 23.1 Å². The lowest BCUT2D eigenvalue weighted by Crippen LogP contribution is -2.29. The Balaban J connectivity index is 2.38. The molecule has 0 unspecified atom stereocenters. The first kappa shape index (κ1) is 14.3. The van der Waals surface area contributed by atoms with Crippen molar-refractivity contribution in [2.24, 2.45) is 0 Å². The molecule has 0 aliphatic carbocycles. The van der Waals surface area contributed by atoms with Gasteiger partial charge in [0.25, 0.3) is 0 Å². The van der Waals surface area contributed by atoms with Gasteiger partial charge < -0.3 is 10.0 Å². The Bertz CT molecular complexity index is 569. The minimum Gasteiger partial charge on any atom is -0.392 e. The van der Waals surface area contributed by atoms with Gasteiger partial charge in [-0.3, -0.25) is 0 Å². The van der Waals surface area contributed by atoms with Crippen LogP contribution < -0.4 is 4.90 Å². The summed E-state index contributed by atoms with van der Waals surface area (Å²) in [6.07, 6.45) is -0.0421. The number of aliphatic hydroxyl groups is 1. The molecule has 1 heterocycles. The summed E-state index contributed by atoms with van der Waals surface area (Å²) >= 11 is 0. The fourth-order valence-electron chi connectivity index (χ4n) is 2.31. The van der Waals surface area contributed by atoms with Crippen LogP contribution in [0, 0.1) is 6.92 Å². The van der Waals surface area contributed by atoms with Gasteiger partial charge in [-0.15, -0.1) is 0 Å². The third kappa shape index (κ3) is 2.75. The second-order valence-electron chi connectivity index (χ2n) is 5.15. The van der Waals surface area contributed by atoms with Crippen molar-refractivity contribution in [3.8, 4) is 0 Å². The second-order valence-corrected chi connectivity index (χ2v) is 7.09. The lowest BCUT2D eigenvalue weighted by molar-refractivity contribution is 0.189. The van der Waals surface area contributed by atoms with E-state index in [1.807, 2.05) is 32.0 Å². The maximum absolute atomic E-state index is 12.5. The van der Waals surface area contributed by atoms with Crippen LogP contribution in [0.2, 0.25) is 0 Å². The molecular weight excluding hydrogens is 264 g/mol. The zero-order valence-electron chi connectivity index (χ0n) is 11.5. The van der Waals surface area contributed by atoms with Gasteiger partial charge in [0.1, 0.15) is 0 Å². The van der Waals surface area contributed by atoms with Crippen LogP contribution in [-0.2, 0) is 10.0 Å². The monoisotopic (exact) mass is 284 g/mol. The van der Waals surface area contributed by atoms with E-state index in [4.69, 9.17) is 0 Å². The molecular formula is C13H20N2O3S. The Kier molecular flexibility index (Phi) is 3.85. The van der Waals surface area contributed by atoms with Crippen LogP contribution in [0.5, 0.6) is 0 Å². The molecule has 106 valence electrons. The largest absolute Gasteiger partial charge is 0.392 e. The fourth-order valence-corrected chi connectivity index (χ4v) is 3.82. The molecule has 1 aliphatic rings. The molecule has 0 bridgehead atoms. The van der Waals surface area contributed by atoms with Crippen molar-refractivity contribution in [2.45, 2.75) is 24.3 Å². The molecule has 0 aromatic heterocycles. The summed E-state index contributed by atoms with van der Waals surface area (Å²) in [4.78, 5) is 2.18. The maximum atomic E-state index is 12.5. The van der Waals surface area contributed by atoms with E-state index in [1.165, 1.54) is 4.31 Å². The molecule has 1 N–H and O–H groups in total.